The zero-order valence-corrected chi connectivity index (χ0v) is 19.0. The Kier molecular flexibility index (Phi) is 4.89. The van der Waals surface area contributed by atoms with Gasteiger partial charge in [-0.05, 0) is 79.5 Å². The highest BCUT2D eigenvalue weighted by molar-refractivity contribution is 5.94. The molecule has 6 rings (SSSR count). The molecule has 2 aromatic heterocycles. The van der Waals surface area contributed by atoms with Crippen LogP contribution in [0.2, 0.25) is 0 Å². The molecule has 0 aliphatic carbocycles. The second kappa shape index (κ2) is 7.85. The van der Waals surface area contributed by atoms with Crippen molar-refractivity contribution in [3.05, 3.63) is 47.2 Å². The molecule has 1 amide bonds. The zero-order valence-electron chi connectivity index (χ0n) is 19.0. The van der Waals surface area contributed by atoms with Crippen LogP contribution in [0, 0.1) is 5.41 Å². The Morgan fingerprint density at radius 2 is 1.91 bits per heavy atom. The summed E-state index contributed by atoms with van der Waals surface area (Å²) in [5.74, 6) is -0.215. The number of fused-ring (bicyclic) bond motifs is 3. The number of aliphatic hydroxyl groups is 1. The number of tetrazole rings is 1. The molecular formula is C24H26N6O4. The van der Waals surface area contributed by atoms with Crippen molar-refractivity contribution in [3.63, 3.8) is 0 Å². The van der Waals surface area contributed by atoms with Gasteiger partial charge in [0.05, 0.1) is 28.3 Å². The van der Waals surface area contributed by atoms with E-state index < -0.39 is 6.10 Å². The number of likely N-dealkylation sites (tertiary alicyclic amines) is 2. The highest BCUT2D eigenvalue weighted by atomic mass is 16.5. The number of hydrogen-bond acceptors (Lipinski definition) is 8. The van der Waals surface area contributed by atoms with E-state index in [4.69, 9.17) is 4.74 Å². The number of carbonyl (C=O) groups excluding carboxylic acids is 2. The number of benzene rings is 1. The third kappa shape index (κ3) is 3.28. The second-order valence-electron chi connectivity index (χ2n) is 9.55. The van der Waals surface area contributed by atoms with Gasteiger partial charge in [-0.15, -0.1) is 5.10 Å². The first kappa shape index (κ1) is 21.2. The number of ether oxygens (including phenoxy) is 1. The molecule has 0 bridgehead atoms. The molecule has 1 atom stereocenters. The zero-order chi connectivity index (χ0) is 23.4. The van der Waals surface area contributed by atoms with Gasteiger partial charge in [0.15, 0.2) is 5.65 Å². The fourth-order valence-corrected chi connectivity index (χ4v) is 5.54. The van der Waals surface area contributed by atoms with Crippen LogP contribution in [0.5, 0.6) is 0 Å². The Labute approximate surface area is 195 Å². The van der Waals surface area contributed by atoms with Crippen LogP contribution in [-0.2, 0) is 14.3 Å². The van der Waals surface area contributed by atoms with Crippen molar-refractivity contribution in [3.8, 4) is 0 Å². The summed E-state index contributed by atoms with van der Waals surface area (Å²) in [6.07, 6.45) is 1.67. The topological polar surface area (TPSA) is 113 Å². The summed E-state index contributed by atoms with van der Waals surface area (Å²) in [5.41, 5.74) is 3.31. The maximum atomic E-state index is 13.3. The molecule has 2 saturated heterocycles. The Morgan fingerprint density at radius 3 is 2.68 bits per heavy atom. The Hall–Kier alpha value is -3.37. The van der Waals surface area contributed by atoms with E-state index in [1.165, 1.54) is 0 Å². The van der Waals surface area contributed by atoms with E-state index in [0.29, 0.717) is 24.3 Å². The van der Waals surface area contributed by atoms with Gasteiger partial charge in [0, 0.05) is 18.5 Å². The van der Waals surface area contributed by atoms with Crippen LogP contribution in [-0.4, -0.2) is 79.6 Å². The second-order valence-corrected chi connectivity index (χ2v) is 9.55. The molecule has 3 aliphatic heterocycles. The van der Waals surface area contributed by atoms with Gasteiger partial charge in [-0.1, -0.05) is 6.07 Å². The van der Waals surface area contributed by atoms with Crippen LogP contribution < -0.4 is 0 Å². The van der Waals surface area contributed by atoms with Crippen molar-refractivity contribution in [1.82, 2.24) is 29.8 Å². The predicted molar refractivity (Wildman–Crippen MR) is 121 cm³/mol. The number of amides is 1. The SMILES string of the molecule is CC1=C(N2CCC3(CCN(CC(O)c4ccc5c(ccc6nnnn65)c4)CC3)C2=O)COC1=O. The molecule has 176 valence electrons. The third-order valence-corrected chi connectivity index (χ3v) is 7.73. The van der Waals surface area contributed by atoms with Crippen LogP contribution in [0.25, 0.3) is 16.6 Å². The maximum Gasteiger partial charge on any atom is 0.336 e. The van der Waals surface area contributed by atoms with Crippen molar-refractivity contribution in [1.29, 1.82) is 0 Å². The van der Waals surface area contributed by atoms with Gasteiger partial charge >= 0.3 is 5.97 Å². The number of piperidine rings is 1. The lowest BCUT2D eigenvalue weighted by atomic mass is 9.77. The van der Waals surface area contributed by atoms with Crippen LogP contribution >= 0.6 is 0 Å². The highest BCUT2D eigenvalue weighted by Crippen LogP contribution is 2.44. The number of aliphatic hydroxyl groups excluding tert-OH is 1. The van der Waals surface area contributed by atoms with E-state index in [1.54, 1.807) is 16.3 Å². The lowest BCUT2D eigenvalue weighted by molar-refractivity contribution is -0.138. The fourth-order valence-electron chi connectivity index (χ4n) is 5.54. The summed E-state index contributed by atoms with van der Waals surface area (Å²) in [5, 5.41) is 23.6. The van der Waals surface area contributed by atoms with Crippen LogP contribution in [0.3, 0.4) is 0 Å². The van der Waals surface area contributed by atoms with Gasteiger partial charge in [0.1, 0.15) is 6.61 Å². The lowest BCUT2D eigenvalue weighted by Gasteiger charge is -2.38. The molecule has 10 heteroatoms. The summed E-state index contributed by atoms with van der Waals surface area (Å²) < 4.78 is 6.79. The largest absolute Gasteiger partial charge is 0.456 e. The van der Waals surface area contributed by atoms with Crippen molar-refractivity contribution < 1.29 is 19.4 Å². The van der Waals surface area contributed by atoms with Gasteiger partial charge in [0.2, 0.25) is 5.91 Å². The standard InChI is InChI=1S/C24H26N6O4/c1-15-19(14-34-22(15)32)29-11-8-24(23(29)33)6-9-28(10-7-24)13-20(31)17-2-4-18-16(12-17)3-5-21-25-26-27-30(18)21/h2-5,12,20,31H,6-11,13-14H2,1H3. The van der Waals surface area contributed by atoms with Crippen molar-refractivity contribution in [2.24, 2.45) is 5.41 Å². The molecule has 3 aromatic rings. The number of carbonyl (C=O) groups is 2. The van der Waals surface area contributed by atoms with E-state index in [2.05, 4.69) is 20.4 Å². The normalized spacial score (nSPS) is 21.9. The van der Waals surface area contributed by atoms with Gasteiger partial charge in [-0.3, -0.25) is 4.79 Å². The Bertz CT molecular complexity index is 1340. The van der Waals surface area contributed by atoms with Crippen molar-refractivity contribution in [2.75, 3.05) is 32.8 Å². The number of aromatic nitrogens is 4. The first-order valence-corrected chi connectivity index (χ1v) is 11.7. The number of rotatable bonds is 4. The van der Waals surface area contributed by atoms with Crippen LogP contribution in [0.1, 0.15) is 37.9 Å². The number of pyridine rings is 1. The summed E-state index contributed by atoms with van der Waals surface area (Å²) >= 11 is 0. The maximum absolute atomic E-state index is 13.3. The molecule has 3 aliphatic rings. The summed E-state index contributed by atoms with van der Waals surface area (Å²) in [6, 6.07) is 9.64. The average molecular weight is 463 g/mol. The predicted octanol–water partition coefficient (Wildman–Crippen LogP) is 1.46. The molecule has 5 heterocycles. The first-order chi connectivity index (χ1) is 16.4. The molecule has 0 saturated carbocycles. The van der Waals surface area contributed by atoms with Gasteiger partial charge in [-0.2, -0.15) is 4.52 Å². The molecule has 34 heavy (non-hydrogen) atoms. The minimum absolute atomic E-state index is 0.115. The molecule has 0 radical (unpaired) electrons. The smallest absolute Gasteiger partial charge is 0.336 e. The highest BCUT2D eigenvalue weighted by Gasteiger charge is 2.50. The number of nitrogens with zero attached hydrogens (tertiary/aromatic N) is 6. The fraction of sp³-hybridized carbons (Fsp3) is 0.458. The third-order valence-electron chi connectivity index (χ3n) is 7.73. The first-order valence-electron chi connectivity index (χ1n) is 11.7. The van der Waals surface area contributed by atoms with E-state index in [0.717, 1.165) is 54.5 Å². The van der Waals surface area contributed by atoms with Crippen LogP contribution in [0.4, 0.5) is 0 Å². The minimum atomic E-state index is -0.631. The van der Waals surface area contributed by atoms with Crippen molar-refractivity contribution in [2.45, 2.75) is 32.3 Å². The average Bonchev–Trinajstić information content (AvgIpc) is 3.54. The molecule has 1 N–H and O–H groups in total. The molecule has 1 spiro atoms. The van der Waals surface area contributed by atoms with Gasteiger partial charge in [-0.25, -0.2) is 4.79 Å². The van der Waals surface area contributed by atoms with E-state index >= 15 is 0 Å². The molecular weight excluding hydrogens is 436 g/mol. The molecule has 10 nitrogen and oxygen atoms in total. The summed E-state index contributed by atoms with van der Waals surface area (Å²) in [4.78, 5) is 29.0. The number of hydrogen-bond donors (Lipinski definition) is 1. The van der Waals surface area contributed by atoms with Gasteiger partial charge in [0.25, 0.3) is 0 Å². The van der Waals surface area contributed by atoms with Gasteiger partial charge < -0.3 is 19.6 Å². The van der Waals surface area contributed by atoms with Crippen LogP contribution in [0.15, 0.2) is 41.6 Å². The van der Waals surface area contributed by atoms with Crippen molar-refractivity contribution >= 4 is 28.4 Å². The Balaban J connectivity index is 1.12. The summed E-state index contributed by atoms with van der Waals surface area (Å²) in [6.45, 7) is 4.57. The van der Waals surface area contributed by atoms with E-state index in [9.17, 15) is 14.7 Å². The Morgan fingerprint density at radius 1 is 1.12 bits per heavy atom. The number of β-amino-alcohol motifs (C(OH)–C–C–N with tert-alkyl or cyclic N) is 1. The monoisotopic (exact) mass is 462 g/mol. The van der Waals surface area contributed by atoms with E-state index in [-0.39, 0.29) is 23.9 Å². The number of cyclic esters (lactones) is 1. The molecule has 1 aromatic carbocycles. The minimum Gasteiger partial charge on any atom is -0.456 e. The number of esters is 1. The quantitative estimate of drug-likeness (QED) is 0.580. The molecule has 2 fully saturated rings. The lowest BCUT2D eigenvalue weighted by Crippen LogP contribution is -2.45. The van der Waals surface area contributed by atoms with E-state index in [1.807, 2.05) is 30.3 Å². The summed E-state index contributed by atoms with van der Waals surface area (Å²) in [7, 11) is 0. The molecule has 1 unspecified atom stereocenters.